The Labute approximate surface area is 122 Å². The van der Waals surface area contributed by atoms with Crippen molar-refractivity contribution in [3.63, 3.8) is 0 Å². The molecule has 21 heavy (non-hydrogen) atoms. The minimum Gasteiger partial charge on any atom is -0.457 e. The molecule has 0 fully saturated rings. The van der Waals surface area contributed by atoms with Gasteiger partial charge >= 0.3 is 6.03 Å². The summed E-state index contributed by atoms with van der Waals surface area (Å²) in [5.41, 5.74) is 0.653. The van der Waals surface area contributed by atoms with E-state index in [9.17, 15) is 9.18 Å². The van der Waals surface area contributed by atoms with Crippen molar-refractivity contribution in [1.82, 2.24) is 5.32 Å². The van der Waals surface area contributed by atoms with Crippen LogP contribution in [0.15, 0.2) is 48.5 Å². The van der Waals surface area contributed by atoms with Gasteiger partial charge in [-0.1, -0.05) is 6.07 Å². The van der Waals surface area contributed by atoms with E-state index in [-0.39, 0.29) is 17.9 Å². The Morgan fingerprint density at radius 2 is 1.81 bits per heavy atom. The van der Waals surface area contributed by atoms with Gasteiger partial charge in [0.15, 0.2) is 0 Å². The van der Waals surface area contributed by atoms with Gasteiger partial charge in [-0.25, -0.2) is 9.18 Å². The standard InChI is InChI=1S/C16H17FN2O2/c1-11(2)18-16(20)19-13-6-8-14(9-7-13)21-15-5-3-4-12(17)10-15/h3-11H,1-2H3,(H2,18,19,20). The van der Waals surface area contributed by atoms with Crippen LogP contribution in [0.5, 0.6) is 11.5 Å². The van der Waals surface area contributed by atoms with Crippen LogP contribution in [0.2, 0.25) is 0 Å². The highest BCUT2D eigenvalue weighted by Crippen LogP contribution is 2.23. The van der Waals surface area contributed by atoms with Crippen LogP contribution in [0.25, 0.3) is 0 Å². The van der Waals surface area contributed by atoms with Gasteiger partial charge in [-0.05, 0) is 50.2 Å². The molecule has 0 spiro atoms. The molecule has 0 saturated heterocycles. The maximum Gasteiger partial charge on any atom is 0.319 e. The Morgan fingerprint density at radius 1 is 1.10 bits per heavy atom. The molecular weight excluding hydrogens is 271 g/mol. The van der Waals surface area contributed by atoms with Gasteiger partial charge < -0.3 is 15.4 Å². The van der Waals surface area contributed by atoms with Crippen molar-refractivity contribution < 1.29 is 13.9 Å². The van der Waals surface area contributed by atoms with Crippen molar-refractivity contribution in [2.75, 3.05) is 5.32 Å². The third kappa shape index (κ3) is 4.80. The highest BCUT2D eigenvalue weighted by molar-refractivity contribution is 5.89. The second-order valence-electron chi connectivity index (χ2n) is 4.84. The number of rotatable bonds is 4. The molecule has 2 aromatic rings. The van der Waals surface area contributed by atoms with Gasteiger partial charge in [0.05, 0.1) is 0 Å². The van der Waals surface area contributed by atoms with Gasteiger partial charge in [-0.15, -0.1) is 0 Å². The molecule has 2 rings (SSSR count). The molecule has 5 heteroatoms. The predicted octanol–water partition coefficient (Wildman–Crippen LogP) is 4.15. The molecule has 4 nitrogen and oxygen atoms in total. The molecule has 0 unspecified atom stereocenters. The number of anilines is 1. The summed E-state index contributed by atoms with van der Waals surface area (Å²) >= 11 is 0. The first-order valence-electron chi connectivity index (χ1n) is 6.64. The van der Waals surface area contributed by atoms with E-state index < -0.39 is 0 Å². The lowest BCUT2D eigenvalue weighted by Crippen LogP contribution is -2.34. The van der Waals surface area contributed by atoms with Crippen LogP contribution < -0.4 is 15.4 Å². The maximum absolute atomic E-state index is 13.0. The minimum absolute atomic E-state index is 0.0700. The number of hydrogen-bond acceptors (Lipinski definition) is 2. The summed E-state index contributed by atoms with van der Waals surface area (Å²) in [6.07, 6.45) is 0. The van der Waals surface area contributed by atoms with Crippen LogP contribution >= 0.6 is 0 Å². The number of ether oxygens (including phenoxy) is 1. The lowest BCUT2D eigenvalue weighted by atomic mass is 10.3. The summed E-state index contributed by atoms with van der Waals surface area (Å²) < 4.78 is 18.6. The Hall–Kier alpha value is -2.56. The number of halogens is 1. The molecule has 0 aliphatic rings. The van der Waals surface area contributed by atoms with Crippen molar-refractivity contribution >= 4 is 11.7 Å². The van der Waals surface area contributed by atoms with Gasteiger partial charge in [0.2, 0.25) is 0 Å². The van der Waals surface area contributed by atoms with Crippen molar-refractivity contribution in [1.29, 1.82) is 0 Å². The van der Waals surface area contributed by atoms with Crippen molar-refractivity contribution in [3.8, 4) is 11.5 Å². The first-order chi connectivity index (χ1) is 10.0. The molecule has 0 aliphatic heterocycles. The molecule has 0 saturated carbocycles. The van der Waals surface area contributed by atoms with E-state index in [4.69, 9.17) is 4.74 Å². The quantitative estimate of drug-likeness (QED) is 0.888. The molecule has 0 radical (unpaired) electrons. The number of benzene rings is 2. The molecule has 2 amide bonds. The normalized spacial score (nSPS) is 10.3. The van der Waals surface area contributed by atoms with Crippen molar-refractivity contribution in [3.05, 3.63) is 54.3 Å². The van der Waals surface area contributed by atoms with E-state index in [1.807, 2.05) is 13.8 Å². The predicted molar refractivity (Wildman–Crippen MR) is 80.2 cm³/mol. The van der Waals surface area contributed by atoms with Crippen LogP contribution in [0.3, 0.4) is 0 Å². The molecule has 2 aromatic carbocycles. The summed E-state index contributed by atoms with van der Waals surface area (Å²) in [4.78, 5) is 11.5. The summed E-state index contributed by atoms with van der Waals surface area (Å²) in [6.45, 7) is 3.77. The molecule has 0 heterocycles. The average molecular weight is 288 g/mol. The number of hydrogen-bond donors (Lipinski definition) is 2. The third-order valence-electron chi connectivity index (χ3n) is 2.56. The van der Waals surface area contributed by atoms with Gasteiger partial charge in [-0.3, -0.25) is 0 Å². The number of nitrogens with one attached hydrogen (secondary N) is 2. The fraction of sp³-hybridized carbons (Fsp3) is 0.188. The Bertz CT molecular complexity index is 612. The topological polar surface area (TPSA) is 50.4 Å². The summed E-state index contributed by atoms with van der Waals surface area (Å²) in [5, 5.41) is 5.44. The van der Waals surface area contributed by atoms with Gasteiger partial charge in [0, 0.05) is 17.8 Å². The SMILES string of the molecule is CC(C)NC(=O)Nc1ccc(Oc2cccc(F)c2)cc1. The molecule has 0 bridgehead atoms. The minimum atomic E-state index is -0.351. The fourth-order valence-electron chi connectivity index (χ4n) is 1.70. The van der Waals surface area contributed by atoms with Crippen LogP contribution in [-0.2, 0) is 0 Å². The second-order valence-corrected chi connectivity index (χ2v) is 4.84. The zero-order valence-electron chi connectivity index (χ0n) is 11.9. The van der Waals surface area contributed by atoms with Crippen LogP contribution in [0, 0.1) is 5.82 Å². The van der Waals surface area contributed by atoms with E-state index in [0.717, 1.165) is 0 Å². The van der Waals surface area contributed by atoms with Crippen LogP contribution in [-0.4, -0.2) is 12.1 Å². The number of amides is 2. The van der Waals surface area contributed by atoms with E-state index in [2.05, 4.69) is 10.6 Å². The smallest absolute Gasteiger partial charge is 0.319 e. The van der Waals surface area contributed by atoms with Crippen LogP contribution in [0.4, 0.5) is 14.9 Å². The molecule has 0 aromatic heterocycles. The number of carbonyl (C=O) groups is 1. The first-order valence-corrected chi connectivity index (χ1v) is 6.64. The van der Waals surface area contributed by atoms with Crippen molar-refractivity contribution in [2.24, 2.45) is 0 Å². The van der Waals surface area contributed by atoms with Gasteiger partial charge in [-0.2, -0.15) is 0 Å². The molecule has 0 atom stereocenters. The van der Waals surface area contributed by atoms with E-state index >= 15 is 0 Å². The monoisotopic (exact) mass is 288 g/mol. The Kier molecular flexibility index (Phi) is 4.77. The van der Waals surface area contributed by atoms with Crippen LogP contribution in [0.1, 0.15) is 13.8 Å². The third-order valence-corrected chi connectivity index (χ3v) is 2.56. The zero-order chi connectivity index (χ0) is 15.2. The summed E-state index contributed by atoms with van der Waals surface area (Å²) in [7, 11) is 0. The van der Waals surface area contributed by atoms with Gasteiger partial charge in [0.25, 0.3) is 0 Å². The lowest BCUT2D eigenvalue weighted by molar-refractivity contribution is 0.250. The average Bonchev–Trinajstić information content (AvgIpc) is 2.40. The fourth-order valence-corrected chi connectivity index (χ4v) is 1.70. The number of urea groups is 1. The highest BCUT2D eigenvalue weighted by Gasteiger charge is 2.04. The molecule has 110 valence electrons. The van der Waals surface area contributed by atoms with E-state index in [0.29, 0.717) is 17.2 Å². The van der Waals surface area contributed by atoms with Crippen molar-refractivity contribution in [2.45, 2.75) is 19.9 Å². The second kappa shape index (κ2) is 6.74. The largest absolute Gasteiger partial charge is 0.457 e. The Balaban J connectivity index is 1.97. The Morgan fingerprint density at radius 3 is 2.43 bits per heavy atom. The summed E-state index contributed by atoms with van der Waals surface area (Å²) in [6, 6.07) is 12.6. The lowest BCUT2D eigenvalue weighted by Gasteiger charge is -2.11. The molecular formula is C16H17FN2O2. The maximum atomic E-state index is 13.0. The zero-order valence-corrected chi connectivity index (χ0v) is 11.9. The highest BCUT2D eigenvalue weighted by atomic mass is 19.1. The first kappa shape index (κ1) is 14.8. The summed E-state index contributed by atoms with van der Waals surface area (Å²) in [5.74, 6) is 0.639. The molecule has 0 aliphatic carbocycles. The van der Waals surface area contributed by atoms with E-state index in [1.165, 1.54) is 12.1 Å². The number of carbonyl (C=O) groups excluding carboxylic acids is 1. The van der Waals surface area contributed by atoms with E-state index in [1.54, 1.807) is 36.4 Å². The van der Waals surface area contributed by atoms with Gasteiger partial charge in [0.1, 0.15) is 17.3 Å². The molecule has 2 N–H and O–H groups in total.